The summed E-state index contributed by atoms with van der Waals surface area (Å²) in [7, 11) is -1.82. The molecule has 6 nitrogen and oxygen atoms in total. The molecule has 0 radical (unpaired) electrons. The summed E-state index contributed by atoms with van der Waals surface area (Å²) in [6.07, 6.45) is 3.06. The van der Waals surface area contributed by atoms with Crippen LogP contribution in [0.3, 0.4) is 0 Å². The molecular weight excluding hydrogens is 499 g/mol. The third-order valence-corrected chi connectivity index (χ3v) is 6.04. The van der Waals surface area contributed by atoms with Crippen molar-refractivity contribution in [3.63, 3.8) is 0 Å². The van der Waals surface area contributed by atoms with Gasteiger partial charge in [-0.15, -0.1) is 24.0 Å². The van der Waals surface area contributed by atoms with E-state index in [-0.39, 0.29) is 28.9 Å². The van der Waals surface area contributed by atoms with Crippen molar-refractivity contribution < 1.29 is 8.42 Å². The molecule has 0 aliphatic carbocycles. The predicted molar refractivity (Wildman–Crippen MR) is 128 cm³/mol. The van der Waals surface area contributed by atoms with Gasteiger partial charge in [0.25, 0.3) is 0 Å². The molecule has 2 aromatic rings. The Balaban J connectivity index is 0.00000300. The van der Waals surface area contributed by atoms with E-state index in [1.807, 2.05) is 7.05 Å². The number of sulfonamides is 1. The number of nitrogens with one attached hydrogen (secondary N) is 1. The molecule has 29 heavy (non-hydrogen) atoms. The minimum atomic E-state index is -3.64. The first kappa shape index (κ1) is 23.6. The second-order valence-corrected chi connectivity index (χ2v) is 8.76. The number of nitrogens with two attached hydrogens (primary N) is 1. The number of likely N-dealkylation sites (tertiary alicyclic amines) is 1. The summed E-state index contributed by atoms with van der Waals surface area (Å²) < 4.78 is 22.6. The highest BCUT2D eigenvalue weighted by Gasteiger charge is 2.24. The molecule has 8 heteroatoms. The van der Waals surface area contributed by atoms with Gasteiger partial charge in [0.05, 0.1) is 4.90 Å². The van der Waals surface area contributed by atoms with Crippen molar-refractivity contribution in [1.82, 2.24) is 10.2 Å². The summed E-state index contributed by atoms with van der Waals surface area (Å²) in [5, 5.41) is 8.56. The van der Waals surface area contributed by atoms with Crippen molar-refractivity contribution in [3.05, 3.63) is 65.7 Å². The van der Waals surface area contributed by atoms with Gasteiger partial charge in [-0.05, 0) is 48.4 Å². The van der Waals surface area contributed by atoms with E-state index in [0.29, 0.717) is 5.92 Å². The quantitative estimate of drug-likeness (QED) is 0.343. The predicted octanol–water partition coefficient (Wildman–Crippen LogP) is 2.63. The van der Waals surface area contributed by atoms with E-state index in [2.05, 4.69) is 45.5 Å². The Morgan fingerprint density at radius 1 is 1.14 bits per heavy atom. The summed E-state index contributed by atoms with van der Waals surface area (Å²) in [6.45, 7) is 2.76. The molecule has 1 heterocycles. The van der Waals surface area contributed by atoms with Crippen LogP contribution in [0.15, 0.2) is 64.5 Å². The van der Waals surface area contributed by atoms with Crippen LogP contribution in [-0.2, 0) is 22.9 Å². The van der Waals surface area contributed by atoms with Crippen molar-refractivity contribution in [2.75, 3.05) is 26.7 Å². The van der Waals surface area contributed by atoms with Crippen LogP contribution in [0.4, 0.5) is 0 Å². The molecular formula is C21H29IN4O2S. The smallest absolute Gasteiger partial charge is 0.238 e. The highest BCUT2D eigenvalue weighted by atomic mass is 127. The van der Waals surface area contributed by atoms with Gasteiger partial charge in [-0.3, -0.25) is 4.99 Å². The van der Waals surface area contributed by atoms with Crippen molar-refractivity contribution in [1.29, 1.82) is 0 Å². The number of nitrogens with zero attached hydrogens (tertiary/aromatic N) is 2. The van der Waals surface area contributed by atoms with Gasteiger partial charge in [-0.2, -0.15) is 0 Å². The minimum absolute atomic E-state index is 0. The van der Waals surface area contributed by atoms with E-state index in [0.717, 1.165) is 44.0 Å². The molecule has 1 atom stereocenters. The van der Waals surface area contributed by atoms with Crippen molar-refractivity contribution in [2.45, 2.75) is 24.2 Å². The molecule has 158 valence electrons. The van der Waals surface area contributed by atoms with Gasteiger partial charge in [-0.25, -0.2) is 13.6 Å². The lowest BCUT2D eigenvalue weighted by Crippen LogP contribution is -2.41. The van der Waals surface area contributed by atoms with Crippen molar-refractivity contribution in [2.24, 2.45) is 16.0 Å². The van der Waals surface area contributed by atoms with Gasteiger partial charge in [-0.1, -0.05) is 42.5 Å². The average Bonchev–Trinajstić information content (AvgIpc) is 3.14. The Kier molecular flexibility index (Phi) is 8.91. The molecule has 1 aliphatic heterocycles. The minimum Gasteiger partial charge on any atom is -0.356 e. The summed E-state index contributed by atoms with van der Waals surface area (Å²) in [4.78, 5) is 6.88. The number of aliphatic imine (C=N–C) groups is 1. The lowest BCUT2D eigenvalue weighted by Gasteiger charge is -2.22. The van der Waals surface area contributed by atoms with E-state index in [1.54, 1.807) is 24.3 Å². The topological polar surface area (TPSA) is 87.8 Å². The normalized spacial score (nSPS) is 17.1. The Labute approximate surface area is 190 Å². The van der Waals surface area contributed by atoms with Gasteiger partial charge in [0.2, 0.25) is 10.0 Å². The first-order chi connectivity index (χ1) is 13.5. The molecule has 2 aromatic carbocycles. The van der Waals surface area contributed by atoms with Gasteiger partial charge in [0.15, 0.2) is 5.96 Å². The Hall–Kier alpha value is -1.65. The summed E-state index contributed by atoms with van der Waals surface area (Å²) in [6, 6.07) is 17.3. The molecule has 3 N–H and O–H groups in total. The standard InChI is InChI=1S/C21H28N4O2S.HI/c1-23-21(24-13-11-17-7-9-20(10-8-17)28(22,26)27)25-14-12-19(16-25)15-18-5-3-2-4-6-18;/h2-10,19H,11-16H2,1H3,(H,23,24)(H2,22,26,27);1H. The van der Waals surface area contributed by atoms with Crippen molar-refractivity contribution >= 4 is 40.0 Å². The zero-order valence-electron chi connectivity index (χ0n) is 16.6. The lowest BCUT2D eigenvalue weighted by molar-refractivity contribution is 0.460. The number of guanidine groups is 1. The fourth-order valence-corrected chi connectivity index (χ4v) is 4.15. The van der Waals surface area contributed by atoms with Crippen LogP contribution in [0.25, 0.3) is 0 Å². The zero-order chi connectivity index (χ0) is 20.0. The Morgan fingerprint density at radius 3 is 2.45 bits per heavy atom. The van der Waals surface area contributed by atoms with Crippen molar-refractivity contribution in [3.8, 4) is 0 Å². The van der Waals surface area contributed by atoms with Crippen LogP contribution >= 0.6 is 24.0 Å². The molecule has 0 spiro atoms. The van der Waals surface area contributed by atoms with Crippen LogP contribution in [0, 0.1) is 5.92 Å². The third kappa shape index (κ3) is 6.97. The first-order valence-corrected chi connectivity index (χ1v) is 11.1. The largest absolute Gasteiger partial charge is 0.356 e. The number of hydrogen-bond donors (Lipinski definition) is 2. The molecule has 1 fully saturated rings. The maximum Gasteiger partial charge on any atom is 0.238 e. The first-order valence-electron chi connectivity index (χ1n) is 9.57. The Bertz CT molecular complexity index is 902. The highest BCUT2D eigenvalue weighted by Crippen LogP contribution is 2.20. The molecule has 1 unspecified atom stereocenters. The van der Waals surface area contributed by atoms with Crippen LogP contribution in [0.5, 0.6) is 0 Å². The molecule has 0 aromatic heterocycles. The van der Waals surface area contributed by atoms with E-state index in [9.17, 15) is 8.42 Å². The average molecular weight is 528 g/mol. The van der Waals surface area contributed by atoms with Gasteiger partial charge < -0.3 is 10.2 Å². The van der Waals surface area contributed by atoms with E-state index in [4.69, 9.17) is 5.14 Å². The van der Waals surface area contributed by atoms with Crippen LogP contribution < -0.4 is 10.5 Å². The zero-order valence-corrected chi connectivity index (χ0v) is 19.8. The fourth-order valence-electron chi connectivity index (χ4n) is 3.64. The number of halogens is 1. The number of primary sulfonamides is 1. The second-order valence-electron chi connectivity index (χ2n) is 7.20. The summed E-state index contributed by atoms with van der Waals surface area (Å²) >= 11 is 0. The number of rotatable bonds is 6. The Morgan fingerprint density at radius 2 is 1.83 bits per heavy atom. The SMILES string of the molecule is CN=C(NCCc1ccc(S(N)(=O)=O)cc1)N1CCC(Cc2ccccc2)C1.I. The molecule has 1 aliphatic rings. The molecule has 0 bridgehead atoms. The van der Waals surface area contributed by atoms with Crippen LogP contribution in [0.1, 0.15) is 17.5 Å². The lowest BCUT2D eigenvalue weighted by atomic mass is 9.99. The summed E-state index contributed by atoms with van der Waals surface area (Å²) in [5.41, 5.74) is 2.44. The summed E-state index contributed by atoms with van der Waals surface area (Å²) in [5.74, 6) is 1.57. The highest BCUT2D eigenvalue weighted by molar-refractivity contribution is 14.0. The monoisotopic (exact) mass is 528 g/mol. The fraction of sp³-hybridized carbons (Fsp3) is 0.381. The second kappa shape index (κ2) is 10.9. The van der Waals surface area contributed by atoms with Crippen LogP contribution in [0.2, 0.25) is 0 Å². The molecule has 0 saturated carbocycles. The maximum absolute atomic E-state index is 11.3. The number of hydrogen-bond acceptors (Lipinski definition) is 3. The number of benzene rings is 2. The molecule has 3 rings (SSSR count). The van der Waals surface area contributed by atoms with Gasteiger partial charge in [0.1, 0.15) is 0 Å². The van der Waals surface area contributed by atoms with Crippen LogP contribution in [-0.4, -0.2) is 46.0 Å². The third-order valence-electron chi connectivity index (χ3n) is 5.11. The maximum atomic E-state index is 11.3. The van der Waals surface area contributed by atoms with E-state index < -0.39 is 10.0 Å². The van der Waals surface area contributed by atoms with Gasteiger partial charge >= 0.3 is 0 Å². The van der Waals surface area contributed by atoms with E-state index >= 15 is 0 Å². The molecule has 0 amide bonds. The van der Waals surface area contributed by atoms with E-state index in [1.165, 1.54) is 12.0 Å². The van der Waals surface area contributed by atoms with Gasteiger partial charge in [0, 0.05) is 26.7 Å². The molecule has 1 saturated heterocycles.